The molecule has 0 bridgehead atoms. The molecule has 1 amide bonds. The quantitative estimate of drug-likeness (QED) is 0.790. The Balaban J connectivity index is 1.65. The van der Waals surface area contributed by atoms with E-state index in [1.165, 1.54) is 0 Å². The molecule has 0 saturated carbocycles. The van der Waals surface area contributed by atoms with E-state index in [-0.39, 0.29) is 5.82 Å². The van der Waals surface area contributed by atoms with Crippen molar-refractivity contribution in [1.29, 1.82) is 0 Å². The zero-order valence-electron chi connectivity index (χ0n) is 10.6. The number of H-pyrrole nitrogens is 1. The van der Waals surface area contributed by atoms with Crippen LogP contribution in [0.1, 0.15) is 10.6 Å². The van der Waals surface area contributed by atoms with Crippen molar-refractivity contribution < 1.29 is 9.53 Å². The minimum atomic E-state index is -0.431. The van der Waals surface area contributed by atoms with Gasteiger partial charge in [-0.2, -0.15) is 5.21 Å². The van der Waals surface area contributed by atoms with Crippen LogP contribution in [0.3, 0.4) is 0 Å². The lowest BCUT2D eigenvalue weighted by molar-refractivity contribution is 0.101. The van der Waals surface area contributed by atoms with Crippen molar-refractivity contribution in [1.82, 2.24) is 25.6 Å². The molecular formula is C11H13N7O2. The van der Waals surface area contributed by atoms with Gasteiger partial charge in [0.2, 0.25) is 0 Å². The van der Waals surface area contributed by atoms with Crippen molar-refractivity contribution in [3.63, 3.8) is 0 Å². The summed E-state index contributed by atoms with van der Waals surface area (Å²) in [4.78, 5) is 18.2. The zero-order chi connectivity index (χ0) is 13.8. The third-order valence-corrected chi connectivity index (χ3v) is 2.89. The Morgan fingerprint density at radius 3 is 2.85 bits per heavy atom. The second kappa shape index (κ2) is 5.61. The lowest BCUT2D eigenvalue weighted by Gasteiger charge is -2.27. The molecule has 104 valence electrons. The molecule has 9 heteroatoms. The standard InChI is InChI=1S/C11H13N7O2/c19-11(10-14-16-17-15-10)13-8-1-2-9(12-7-8)18-3-5-20-6-4-18/h1-2,7H,3-6H2,(H,13,19)(H,14,15,16,17). The first-order valence-corrected chi connectivity index (χ1v) is 6.16. The normalized spacial score (nSPS) is 15.1. The van der Waals surface area contributed by atoms with Crippen molar-refractivity contribution in [2.75, 3.05) is 36.5 Å². The van der Waals surface area contributed by atoms with Crippen molar-refractivity contribution >= 4 is 17.4 Å². The summed E-state index contributed by atoms with van der Waals surface area (Å²) < 4.78 is 5.29. The van der Waals surface area contributed by atoms with Crippen LogP contribution in [-0.2, 0) is 4.74 Å². The zero-order valence-corrected chi connectivity index (χ0v) is 10.6. The molecule has 0 radical (unpaired) electrons. The van der Waals surface area contributed by atoms with E-state index in [0.29, 0.717) is 18.9 Å². The summed E-state index contributed by atoms with van der Waals surface area (Å²) in [5.41, 5.74) is 0.580. The maximum Gasteiger partial charge on any atom is 0.297 e. The monoisotopic (exact) mass is 275 g/mol. The molecule has 20 heavy (non-hydrogen) atoms. The first kappa shape index (κ1) is 12.5. The van der Waals surface area contributed by atoms with Crippen LogP contribution in [-0.4, -0.2) is 57.8 Å². The van der Waals surface area contributed by atoms with Crippen LogP contribution in [0.15, 0.2) is 18.3 Å². The van der Waals surface area contributed by atoms with Crippen molar-refractivity contribution in [3.05, 3.63) is 24.2 Å². The number of nitrogens with one attached hydrogen (secondary N) is 2. The van der Waals surface area contributed by atoms with E-state index in [4.69, 9.17) is 4.74 Å². The maximum absolute atomic E-state index is 11.7. The number of rotatable bonds is 3. The third kappa shape index (κ3) is 2.72. The van der Waals surface area contributed by atoms with Gasteiger partial charge < -0.3 is 15.0 Å². The molecule has 1 aliphatic heterocycles. The fourth-order valence-corrected chi connectivity index (χ4v) is 1.88. The Kier molecular flexibility index (Phi) is 3.50. The highest BCUT2D eigenvalue weighted by Crippen LogP contribution is 2.15. The molecule has 0 aromatic carbocycles. The number of ether oxygens (including phenoxy) is 1. The molecule has 3 heterocycles. The maximum atomic E-state index is 11.7. The molecule has 0 unspecified atom stereocenters. The Morgan fingerprint density at radius 1 is 1.35 bits per heavy atom. The number of pyridine rings is 1. The third-order valence-electron chi connectivity index (χ3n) is 2.89. The van der Waals surface area contributed by atoms with Gasteiger partial charge in [-0.05, 0) is 17.3 Å². The summed E-state index contributed by atoms with van der Waals surface area (Å²) in [6, 6.07) is 3.65. The molecule has 9 nitrogen and oxygen atoms in total. The number of nitrogens with zero attached hydrogens (tertiary/aromatic N) is 5. The van der Waals surface area contributed by atoms with Gasteiger partial charge in [0.15, 0.2) is 0 Å². The average molecular weight is 275 g/mol. The molecule has 2 N–H and O–H groups in total. The number of aromatic amines is 1. The van der Waals surface area contributed by atoms with Gasteiger partial charge in [-0.15, -0.1) is 10.2 Å². The number of carbonyl (C=O) groups is 1. The summed E-state index contributed by atoms with van der Waals surface area (Å²) in [6.07, 6.45) is 1.60. The van der Waals surface area contributed by atoms with Gasteiger partial charge in [0.05, 0.1) is 25.1 Å². The van der Waals surface area contributed by atoms with Crippen LogP contribution < -0.4 is 10.2 Å². The van der Waals surface area contributed by atoms with Gasteiger partial charge in [-0.3, -0.25) is 4.79 Å². The Bertz CT molecular complexity index is 563. The van der Waals surface area contributed by atoms with Crippen LogP contribution in [0.4, 0.5) is 11.5 Å². The van der Waals surface area contributed by atoms with Crippen molar-refractivity contribution in [2.45, 2.75) is 0 Å². The highest BCUT2D eigenvalue weighted by atomic mass is 16.5. The summed E-state index contributed by atoms with van der Waals surface area (Å²) in [5, 5.41) is 15.4. The molecule has 0 spiro atoms. The van der Waals surface area contributed by atoms with E-state index in [1.807, 2.05) is 6.07 Å². The van der Waals surface area contributed by atoms with E-state index >= 15 is 0 Å². The number of anilines is 2. The van der Waals surface area contributed by atoms with Gasteiger partial charge in [0.25, 0.3) is 11.7 Å². The topological polar surface area (TPSA) is 109 Å². The summed E-state index contributed by atoms with van der Waals surface area (Å²) >= 11 is 0. The van der Waals surface area contributed by atoms with E-state index < -0.39 is 5.91 Å². The first-order valence-electron chi connectivity index (χ1n) is 6.16. The highest BCUT2D eigenvalue weighted by molar-refractivity contribution is 6.01. The van der Waals surface area contributed by atoms with E-state index in [1.54, 1.807) is 12.3 Å². The summed E-state index contributed by atoms with van der Waals surface area (Å²) in [5.74, 6) is 0.424. The summed E-state index contributed by atoms with van der Waals surface area (Å²) in [7, 11) is 0. The second-order valence-corrected chi connectivity index (χ2v) is 4.19. The average Bonchev–Trinajstić information content (AvgIpc) is 3.03. The number of aromatic nitrogens is 5. The van der Waals surface area contributed by atoms with Gasteiger partial charge in [0.1, 0.15) is 5.82 Å². The lowest BCUT2D eigenvalue weighted by Crippen LogP contribution is -2.36. The minimum Gasteiger partial charge on any atom is -0.378 e. The smallest absolute Gasteiger partial charge is 0.297 e. The van der Waals surface area contributed by atoms with Gasteiger partial charge >= 0.3 is 0 Å². The Labute approximate surface area is 114 Å². The Morgan fingerprint density at radius 2 is 2.20 bits per heavy atom. The molecule has 2 aromatic heterocycles. The van der Waals surface area contributed by atoms with Crippen LogP contribution >= 0.6 is 0 Å². The Hall–Kier alpha value is -2.55. The highest BCUT2D eigenvalue weighted by Gasteiger charge is 2.13. The van der Waals surface area contributed by atoms with Crippen LogP contribution in [0.5, 0.6) is 0 Å². The fourth-order valence-electron chi connectivity index (χ4n) is 1.88. The van der Waals surface area contributed by atoms with E-state index in [2.05, 4.69) is 35.8 Å². The van der Waals surface area contributed by atoms with Gasteiger partial charge in [-0.25, -0.2) is 4.98 Å². The number of morpholine rings is 1. The molecule has 0 atom stereocenters. The molecule has 3 rings (SSSR count). The number of carbonyl (C=O) groups excluding carboxylic acids is 1. The molecule has 1 aliphatic rings. The van der Waals surface area contributed by atoms with Gasteiger partial charge in [-0.1, -0.05) is 0 Å². The molecular weight excluding hydrogens is 262 g/mol. The lowest BCUT2D eigenvalue weighted by atomic mass is 10.3. The SMILES string of the molecule is O=C(Nc1ccc(N2CCOCC2)nc1)c1nn[nH]n1. The van der Waals surface area contributed by atoms with Crippen LogP contribution in [0.2, 0.25) is 0 Å². The predicted molar refractivity (Wildman–Crippen MR) is 69.4 cm³/mol. The second-order valence-electron chi connectivity index (χ2n) is 4.19. The van der Waals surface area contributed by atoms with Crippen molar-refractivity contribution in [3.8, 4) is 0 Å². The summed E-state index contributed by atoms with van der Waals surface area (Å²) in [6.45, 7) is 3.05. The molecule has 0 aliphatic carbocycles. The first-order chi connectivity index (χ1) is 9.83. The fraction of sp³-hybridized carbons (Fsp3) is 0.364. The largest absolute Gasteiger partial charge is 0.378 e. The predicted octanol–water partition coefficient (Wildman–Crippen LogP) is -0.316. The van der Waals surface area contributed by atoms with Crippen LogP contribution in [0, 0.1) is 0 Å². The van der Waals surface area contributed by atoms with E-state index in [9.17, 15) is 4.79 Å². The van der Waals surface area contributed by atoms with Crippen molar-refractivity contribution in [2.24, 2.45) is 0 Å². The molecule has 1 fully saturated rings. The van der Waals surface area contributed by atoms with E-state index in [0.717, 1.165) is 18.9 Å². The number of tetrazole rings is 1. The number of hydrogen-bond acceptors (Lipinski definition) is 7. The number of hydrogen-bond donors (Lipinski definition) is 2. The van der Waals surface area contributed by atoms with Crippen LogP contribution in [0.25, 0.3) is 0 Å². The molecule has 1 saturated heterocycles. The minimum absolute atomic E-state index is 0.0118. The number of amides is 1. The molecule has 2 aromatic rings. The van der Waals surface area contributed by atoms with Gasteiger partial charge in [0, 0.05) is 13.1 Å².